The molecule has 0 bridgehead atoms. The second kappa shape index (κ2) is 7.49. The molecule has 0 aromatic heterocycles. The van der Waals surface area contributed by atoms with Crippen LogP contribution in [-0.4, -0.2) is 33.2 Å². The lowest BCUT2D eigenvalue weighted by atomic mass is 9.69. The highest BCUT2D eigenvalue weighted by atomic mass is 16.5. The van der Waals surface area contributed by atoms with Crippen molar-refractivity contribution in [3.05, 3.63) is 23.8 Å². The Morgan fingerprint density at radius 1 is 1.18 bits per heavy atom. The van der Waals surface area contributed by atoms with Gasteiger partial charge in [-0.25, -0.2) is 0 Å². The molecule has 1 aromatic carbocycles. The Kier molecular flexibility index (Phi) is 5.66. The molecular formula is C17H26N2O3. The summed E-state index contributed by atoms with van der Waals surface area (Å²) in [4.78, 5) is 11.6. The molecule has 1 saturated carbocycles. The average molecular weight is 306 g/mol. The molecule has 22 heavy (non-hydrogen) atoms. The zero-order valence-corrected chi connectivity index (χ0v) is 13.5. The van der Waals surface area contributed by atoms with E-state index in [4.69, 9.17) is 15.2 Å². The number of hydrogen-bond donors (Lipinski definition) is 2. The van der Waals surface area contributed by atoms with Crippen LogP contribution < -0.4 is 20.5 Å². The van der Waals surface area contributed by atoms with E-state index in [9.17, 15) is 4.79 Å². The van der Waals surface area contributed by atoms with E-state index < -0.39 is 0 Å². The molecule has 1 aromatic rings. The molecule has 0 aliphatic heterocycles. The standard InChI is InChI=1S/C17H26N2O3/c1-21-14-7-6-13(10-15(14)22-2)17(8-4-3-5-9-17)12-19-16(20)11-18/h6-7,10H,3-5,8-9,11-12,18H2,1-2H3,(H,19,20). The molecule has 1 fully saturated rings. The first-order chi connectivity index (χ1) is 10.6. The largest absolute Gasteiger partial charge is 0.493 e. The van der Waals surface area contributed by atoms with Gasteiger partial charge in [0.15, 0.2) is 11.5 Å². The first-order valence-corrected chi connectivity index (χ1v) is 7.84. The van der Waals surface area contributed by atoms with Crippen molar-refractivity contribution >= 4 is 5.91 Å². The maximum Gasteiger partial charge on any atom is 0.233 e. The van der Waals surface area contributed by atoms with Crippen LogP contribution in [0.2, 0.25) is 0 Å². The van der Waals surface area contributed by atoms with E-state index in [2.05, 4.69) is 11.4 Å². The van der Waals surface area contributed by atoms with Crippen LogP contribution >= 0.6 is 0 Å². The fourth-order valence-corrected chi connectivity index (χ4v) is 3.30. The second-order valence-electron chi connectivity index (χ2n) is 5.89. The van der Waals surface area contributed by atoms with E-state index in [1.54, 1.807) is 14.2 Å². The Morgan fingerprint density at radius 3 is 2.45 bits per heavy atom. The van der Waals surface area contributed by atoms with E-state index >= 15 is 0 Å². The zero-order valence-electron chi connectivity index (χ0n) is 13.5. The topological polar surface area (TPSA) is 73.6 Å². The minimum atomic E-state index is -0.106. The number of ether oxygens (including phenoxy) is 2. The van der Waals surface area contributed by atoms with Crippen LogP contribution in [0.4, 0.5) is 0 Å². The molecule has 0 unspecified atom stereocenters. The van der Waals surface area contributed by atoms with Crippen LogP contribution in [0.15, 0.2) is 18.2 Å². The summed E-state index contributed by atoms with van der Waals surface area (Å²) in [5, 5.41) is 2.97. The van der Waals surface area contributed by atoms with E-state index in [1.807, 2.05) is 12.1 Å². The molecular weight excluding hydrogens is 280 g/mol. The number of benzene rings is 1. The quantitative estimate of drug-likeness (QED) is 0.843. The first-order valence-electron chi connectivity index (χ1n) is 7.84. The minimum Gasteiger partial charge on any atom is -0.493 e. The Bertz CT molecular complexity index is 511. The molecule has 0 saturated heterocycles. The van der Waals surface area contributed by atoms with Crippen LogP contribution in [0.5, 0.6) is 11.5 Å². The molecule has 3 N–H and O–H groups in total. The number of nitrogens with two attached hydrogens (primary N) is 1. The van der Waals surface area contributed by atoms with E-state index in [1.165, 1.54) is 24.8 Å². The molecule has 2 rings (SSSR count). The summed E-state index contributed by atoms with van der Waals surface area (Å²) in [5.41, 5.74) is 6.56. The number of methoxy groups -OCH3 is 2. The maximum absolute atomic E-state index is 11.6. The van der Waals surface area contributed by atoms with Gasteiger partial charge in [0.25, 0.3) is 0 Å². The molecule has 5 nitrogen and oxygen atoms in total. The lowest BCUT2D eigenvalue weighted by molar-refractivity contribution is -0.120. The number of amides is 1. The highest BCUT2D eigenvalue weighted by Gasteiger charge is 2.34. The number of nitrogens with one attached hydrogen (secondary N) is 1. The summed E-state index contributed by atoms with van der Waals surface area (Å²) in [7, 11) is 3.28. The van der Waals surface area contributed by atoms with Gasteiger partial charge in [-0.05, 0) is 30.5 Å². The van der Waals surface area contributed by atoms with Gasteiger partial charge in [-0.3, -0.25) is 4.79 Å². The summed E-state index contributed by atoms with van der Waals surface area (Å²) in [6, 6.07) is 6.06. The second-order valence-corrected chi connectivity index (χ2v) is 5.89. The lowest BCUT2D eigenvalue weighted by Gasteiger charge is -2.38. The smallest absolute Gasteiger partial charge is 0.233 e. The summed E-state index contributed by atoms with van der Waals surface area (Å²) in [5.74, 6) is 1.35. The van der Waals surface area contributed by atoms with E-state index in [0.717, 1.165) is 24.3 Å². The first kappa shape index (κ1) is 16.6. The normalized spacial score (nSPS) is 16.9. The number of carbonyl (C=O) groups is 1. The third-order valence-corrected chi connectivity index (χ3v) is 4.62. The average Bonchev–Trinajstić information content (AvgIpc) is 2.59. The highest BCUT2D eigenvalue weighted by molar-refractivity contribution is 5.77. The van der Waals surface area contributed by atoms with Crippen LogP contribution in [0, 0.1) is 0 Å². The van der Waals surface area contributed by atoms with Gasteiger partial charge in [0.1, 0.15) is 0 Å². The molecule has 5 heteroatoms. The van der Waals surface area contributed by atoms with Crippen molar-refractivity contribution in [2.45, 2.75) is 37.5 Å². The predicted octanol–water partition coefficient (Wildman–Crippen LogP) is 1.98. The number of hydrogen-bond acceptors (Lipinski definition) is 4. The van der Waals surface area contributed by atoms with Gasteiger partial charge in [0.05, 0.1) is 20.8 Å². The van der Waals surface area contributed by atoms with Gasteiger partial charge >= 0.3 is 0 Å². The van der Waals surface area contributed by atoms with Gasteiger partial charge < -0.3 is 20.5 Å². The highest BCUT2D eigenvalue weighted by Crippen LogP contribution is 2.41. The monoisotopic (exact) mass is 306 g/mol. The molecule has 0 radical (unpaired) electrons. The van der Waals surface area contributed by atoms with Crippen molar-refractivity contribution in [1.29, 1.82) is 0 Å². The predicted molar refractivity (Wildman–Crippen MR) is 86.4 cm³/mol. The van der Waals surface area contributed by atoms with Gasteiger partial charge in [0.2, 0.25) is 5.91 Å². The third kappa shape index (κ3) is 3.53. The van der Waals surface area contributed by atoms with Crippen molar-refractivity contribution in [2.75, 3.05) is 27.3 Å². The van der Waals surface area contributed by atoms with Crippen molar-refractivity contribution in [2.24, 2.45) is 5.73 Å². The lowest BCUT2D eigenvalue weighted by Crippen LogP contribution is -2.44. The van der Waals surface area contributed by atoms with Crippen molar-refractivity contribution < 1.29 is 14.3 Å². The fourth-order valence-electron chi connectivity index (χ4n) is 3.30. The third-order valence-electron chi connectivity index (χ3n) is 4.62. The van der Waals surface area contributed by atoms with Crippen molar-refractivity contribution in [3.63, 3.8) is 0 Å². The zero-order chi connectivity index (χ0) is 16.0. The SMILES string of the molecule is COc1ccc(C2(CNC(=O)CN)CCCCC2)cc1OC. The molecule has 0 spiro atoms. The van der Waals surface area contributed by atoms with Crippen molar-refractivity contribution in [1.82, 2.24) is 5.32 Å². The molecule has 1 aliphatic rings. The number of rotatable bonds is 6. The Labute approximate surface area is 132 Å². The van der Waals surface area contributed by atoms with Gasteiger partial charge in [-0.1, -0.05) is 25.3 Å². The Balaban J connectivity index is 2.30. The summed E-state index contributed by atoms with van der Waals surface area (Å²) in [6.07, 6.45) is 5.72. The van der Waals surface area contributed by atoms with Gasteiger partial charge in [0, 0.05) is 12.0 Å². The molecule has 122 valence electrons. The molecule has 1 amide bonds. The van der Waals surface area contributed by atoms with Gasteiger partial charge in [-0.15, -0.1) is 0 Å². The Hall–Kier alpha value is -1.75. The molecule has 0 atom stereocenters. The van der Waals surface area contributed by atoms with E-state index in [-0.39, 0.29) is 17.9 Å². The fraction of sp³-hybridized carbons (Fsp3) is 0.588. The van der Waals surface area contributed by atoms with Crippen LogP contribution in [0.1, 0.15) is 37.7 Å². The van der Waals surface area contributed by atoms with Crippen LogP contribution in [0.3, 0.4) is 0 Å². The minimum absolute atomic E-state index is 0.0298. The van der Waals surface area contributed by atoms with Gasteiger partial charge in [-0.2, -0.15) is 0 Å². The molecule has 0 heterocycles. The van der Waals surface area contributed by atoms with Crippen LogP contribution in [-0.2, 0) is 10.2 Å². The van der Waals surface area contributed by atoms with E-state index in [0.29, 0.717) is 6.54 Å². The van der Waals surface area contributed by atoms with Crippen molar-refractivity contribution in [3.8, 4) is 11.5 Å². The Morgan fingerprint density at radius 2 is 1.86 bits per heavy atom. The molecule has 1 aliphatic carbocycles. The summed E-state index contributed by atoms with van der Waals surface area (Å²) >= 11 is 0. The number of carbonyl (C=O) groups excluding carboxylic acids is 1. The maximum atomic E-state index is 11.6. The summed E-state index contributed by atoms with van der Waals surface area (Å²) in [6.45, 7) is 0.653. The van der Waals surface area contributed by atoms with Crippen LogP contribution in [0.25, 0.3) is 0 Å². The summed E-state index contributed by atoms with van der Waals surface area (Å²) < 4.78 is 10.7.